The normalized spacial score (nSPS) is 10.3. The van der Waals surface area contributed by atoms with Gasteiger partial charge in [0, 0.05) is 14.1 Å². The summed E-state index contributed by atoms with van der Waals surface area (Å²) in [5.41, 5.74) is 0.399. The van der Waals surface area contributed by atoms with E-state index in [9.17, 15) is 0 Å². The summed E-state index contributed by atoms with van der Waals surface area (Å²) in [4.78, 5) is 9.09. The molecule has 0 spiro atoms. The van der Waals surface area contributed by atoms with Crippen LogP contribution in [0.4, 0.5) is 17.3 Å². The molecule has 0 aliphatic heterocycles. The summed E-state index contributed by atoms with van der Waals surface area (Å²) in [6, 6.07) is 0. The van der Waals surface area contributed by atoms with E-state index in [0.717, 1.165) is 0 Å². The Morgan fingerprint density at radius 1 is 1.67 bits per heavy atom. The number of anilines is 1. The standard InChI is InChI=1S/C9H13N5O/c1-5-15-6-11-8-7(10-2)9(13-12-8)14(3)4/h6H,5H2,1,3-4H3,(H,12,13)/b11-6+. The van der Waals surface area contributed by atoms with Crippen molar-refractivity contribution < 1.29 is 4.74 Å². The second kappa shape index (κ2) is 5.00. The molecule has 0 fully saturated rings. The largest absolute Gasteiger partial charge is 0.483 e. The Morgan fingerprint density at radius 3 is 2.93 bits per heavy atom. The van der Waals surface area contributed by atoms with Gasteiger partial charge in [0.15, 0.2) is 18.0 Å². The minimum atomic E-state index is 0.399. The summed E-state index contributed by atoms with van der Waals surface area (Å²) in [5, 5.41) is 6.67. The molecular formula is C9H13N5O. The summed E-state index contributed by atoms with van der Waals surface area (Å²) in [7, 11) is 3.64. The number of H-pyrrole nitrogens is 1. The van der Waals surface area contributed by atoms with Crippen LogP contribution in [0.2, 0.25) is 0 Å². The van der Waals surface area contributed by atoms with Gasteiger partial charge in [-0.15, -0.1) is 0 Å². The van der Waals surface area contributed by atoms with Gasteiger partial charge in [-0.25, -0.2) is 9.84 Å². The fraction of sp³-hybridized carbons (Fsp3) is 0.444. The molecule has 6 heteroatoms. The van der Waals surface area contributed by atoms with Crippen molar-refractivity contribution >= 4 is 23.7 Å². The first kappa shape index (κ1) is 11.0. The molecule has 0 bridgehead atoms. The van der Waals surface area contributed by atoms with Crippen molar-refractivity contribution in [2.45, 2.75) is 6.92 Å². The second-order valence-corrected chi connectivity index (χ2v) is 2.94. The van der Waals surface area contributed by atoms with Gasteiger partial charge in [-0.1, -0.05) is 0 Å². The van der Waals surface area contributed by atoms with E-state index in [1.165, 1.54) is 6.40 Å². The van der Waals surface area contributed by atoms with Crippen LogP contribution in [-0.4, -0.2) is 37.3 Å². The third kappa shape index (κ3) is 2.47. The van der Waals surface area contributed by atoms with Gasteiger partial charge in [0.1, 0.15) is 0 Å². The fourth-order valence-corrected chi connectivity index (χ4v) is 0.987. The highest BCUT2D eigenvalue weighted by atomic mass is 16.5. The first-order valence-electron chi connectivity index (χ1n) is 4.48. The first-order valence-corrected chi connectivity index (χ1v) is 4.48. The molecule has 1 aromatic heterocycles. The molecule has 0 aliphatic rings. The third-order valence-corrected chi connectivity index (χ3v) is 1.66. The Morgan fingerprint density at radius 2 is 2.40 bits per heavy atom. The van der Waals surface area contributed by atoms with Gasteiger partial charge in [0.25, 0.3) is 5.69 Å². The molecule has 1 rings (SSSR count). The molecule has 0 amide bonds. The van der Waals surface area contributed by atoms with Crippen LogP contribution < -0.4 is 4.90 Å². The lowest BCUT2D eigenvalue weighted by Crippen LogP contribution is -2.08. The van der Waals surface area contributed by atoms with E-state index in [4.69, 9.17) is 11.3 Å². The van der Waals surface area contributed by atoms with Crippen LogP contribution in [0.25, 0.3) is 4.85 Å². The molecule has 0 unspecified atom stereocenters. The zero-order valence-electron chi connectivity index (χ0n) is 8.98. The fourth-order valence-electron chi connectivity index (χ4n) is 0.987. The quantitative estimate of drug-likeness (QED) is 0.464. The topological polar surface area (TPSA) is 57.9 Å². The van der Waals surface area contributed by atoms with E-state index in [-0.39, 0.29) is 0 Å². The van der Waals surface area contributed by atoms with Gasteiger partial charge in [0.2, 0.25) is 0 Å². The van der Waals surface area contributed by atoms with Crippen LogP contribution in [0.5, 0.6) is 0 Å². The van der Waals surface area contributed by atoms with Gasteiger partial charge < -0.3 is 9.64 Å². The van der Waals surface area contributed by atoms with Gasteiger partial charge >= 0.3 is 0 Å². The summed E-state index contributed by atoms with van der Waals surface area (Å²) in [6.07, 6.45) is 1.31. The second-order valence-electron chi connectivity index (χ2n) is 2.94. The average molecular weight is 207 g/mol. The predicted octanol–water partition coefficient (Wildman–Crippen LogP) is 1.72. The van der Waals surface area contributed by atoms with Gasteiger partial charge in [-0.2, -0.15) is 5.10 Å². The monoisotopic (exact) mass is 207 g/mol. The van der Waals surface area contributed by atoms with Crippen molar-refractivity contribution in [1.29, 1.82) is 0 Å². The number of hydrogen-bond acceptors (Lipinski definition) is 4. The van der Waals surface area contributed by atoms with Crippen LogP contribution in [-0.2, 0) is 4.74 Å². The number of aromatic nitrogens is 2. The molecule has 1 heterocycles. The molecule has 0 saturated heterocycles. The molecule has 0 saturated carbocycles. The van der Waals surface area contributed by atoms with Crippen LogP contribution in [0, 0.1) is 6.57 Å². The van der Waals surface area contributed by atoms with E-state index in [2.05, 4.69) is 20.0 Å². The van der Waals surface area contributed by atoms with Crippen LogP contribution in [0.15, 0.2) is 4.99 Å². The van der Waals surface area contributed by atoms with Crippen molar-refractivity contribution in [3.8, 4) is 0 Å². The Labute approximate surface area is 88.4 Å². The third-order valence-electron chi connectivity index (χ3n) is 1.66. The molecule has 1 aromatic rings. The number of rotatable bonds is 4. The lowest BCUT2D eigenvalue weighted by atomic mass is 10.4. The van der Waals surface area contributed by atoms with E-state index < -0.39 is 0 Å². The van der Waals surface area contributed by atoms with E-state index in [1.54, 1.807) is 4.90 Å². The highest BCUT2D eigenvalue weighted by Crippen LogP contribution is 2.34. The Hall–Kier alpha value is -2.03. The summed E-state index contributed by atoms with van der Waals surface area (Å²) in [6.45, 7) is 9.45. The number of nitrogens with one attached hydrogen (secondary N) is 1. The summed E-state index contributed by atoms with van der Waals surface area (Å²) < 4.78 is 4.95. The molecular weight excluding hydrogens is 194 g/mol. The number of aromatic amines is 1. The Bertz CT molecular complexity index is 388. The smallest absolute Gasteiger partial charge is 0.272 e. The van der Waals surface area contributed by atoms with E-state index in [0.29, 0.717) is 23.9 Å². The van der Waals surface area contributed by atoms with E-state index in [1.807, 2.05) is 21.0 Å². The zero-order chi connectivity index (χ0) is 11.3. The number of ether oxygens (including phenoxy) is 1. The average Bonchev–Trinajstić information content (AvgIpc) is 2.61. The van der Waals surface area contributed by atoms with Crippen molar-refractivity contribution in [3.63, 3.8) is 0 Å². The maximum absolute atomic E-state index is 7.04. The summed E-state index contributed by atoms with van der Waals surface area (Å²) in [5.74, 6) is 0.996. The molecule has 0 aliphatic carbocycles. The summed E-state index contributed by atoms with van der Waals surface area (Å²) >= 11 is 0. The Balaban J connectivity index is 2.95. The van der Waals surface area contributed by atoms with Crippen LogP contribution in [0.3, 0.4) is 0 Å². The predicted molar refractivity (Wildman–Crippen MR) is 59.0 cm³/mol. The molecule has 0 atom stereocenters. The first-order chi connectivity index (χ1) is 7.20. The molecule has 0 radical (unpaired) electrons. The maximum atomic E-state index is 7.04. The molecule has 80 valence electrons. The number of hydrogen-bond donors (Lipinski definition) is 1. The van der Waals surface area contributed by atoms with Crippen molar-refractivity contribution in [2.24, 2.45) is 4.99 Å². The van der Waals surface area contributed by atoms with Crippen molar-refractivity contribution in [1.82, 2.24) is 10.2 Å². The lowest BCUT2D eigenvalue weighted by Gasteiger charge is -2.07. The van der Waals surface area contributed by atoms with Gasteiger partial charge in [-0.05, 0) is 6.92 Å². The lowest BCUT2D eigenvalue weighted by molar-refractivity contribution is 0.344. The van der Waals surface area contributed by atoms with Gasteiger partial charge in [0.05, 0.1) is 13.2 Å². The molecule has 0 aromatic carbocycles. The molecule has 6 nitrogen and oxygen atoms in total. The highest BCUT2D eigenvalue weighted by Gasteiger charge is 2.13. The van der Waals surface area contributed by atoms with Crippen LogP contribution >= 0.6 is 0 Å². The SMILES string of the molecule is [C-]#[N+]c1c(N(C)C)n[nH]c1/N=C/OCC. The van der Waals surface area contributed by atoms with Crippen molar-refractivity contribution in [2.75, 3.05) is 25.6 Å². The minimum absolute atomic E-state index is 0.399. The number of nitrogens with zero attached hydrogens (tertiary/aromatic N) is 4. The zero-order valence-corrected chi connectivity index (χ0v) is 8.98. The van der Waals surface area contributed by atoms with E-state index >= 15 is 0 Å². The number of aliphatic imine (C=N–C) groups is 1. The molecule has 1 N–H and O–H groups in total. The maximum Gasteiger partial charge on any atom is 0.272 e. The van der Waals surface area contributed by atoms with Crippen LogP contribution in [0.1, 0.15) is 6.92 Å². The molecule has 15 heavy (non-hydrogen) atoms. The van der Waals surface area contributed by atoms with Crippen molar-refractivity contribution in [3.05, 3.63) is 11.4 Å². The highest BCUT2D eigenvalue weighted by molar-refractivity contribution is 5.78. The Kier molecular flexibility index (Phi) is 3.68. The minimum Gasteiger partial charge on any atom is -0.483 e. The van der Waals surface area contributed by atoms with Gasteiger partial charge in [-0.3, -0.25) is 5.10 Å².